The molecule has 4 nitrogen and oxygen atoms in total. The van der Waals surface area contributed by atoms with Crippen LogP contribution in [-0.4, -0.2) is 10.9 Å². The van der Waals surface area contributed by atoms with Gasteiger partial charge in [-0.3, -0.25) is 4.79 Å². The van der Waals surface area contributed by atoms with Gasteiger partial charge in [0, 0.05) is 11.8 Å². The van der Waals surface area contributed by atoms with Gasteiger partial charge in [0.15, 0.2) is 11.4 Å². The van der Waals surface area contributed by atoms with Crippen molar-refractivity contribution in [2.45, 2.75) is 20.0 Å². The molecular formula is C21H15F5N2O2. The van der Waals surface area contributed by atoms with Crippen LogP contribution in [-0.2, 0) is 6.18 Å². The van der Waals surface area contributed by atoms with Gasteiger partial charge in [0.2, 0.25) is 0 Å². The van der Waals surface area contributed by atoms with Crippen molar-refractivity contribution in [1.82, 2.24) is 4.98 Å². The first-order valence-corrected chi connectivity index (χ1v) is 8.63. The molecule has 0 aliphatic rings. The van der Waals surface area contributed by atoms with Crippen molar-refractivity contribution >= 4 is 11.6 Å². The Labute approximate surface area is 168 Å². The number of carbonyl (C=O) groups excluding carboxylic acids is 1. The Hall–Kier alpha value is -3.49. The van der Waals surface area contributed by atoms with Crippen LogP contribution in [0.1, 0.15) is 27.2 Å². The molecule has 0 aliphatic carbocycles. The molecule has 1 aromatic heterocycles. The molecule has 0 saturated carbocycles. The summed E-state index contributed by atoms with van der Waals surface area (Å²) >= 11 is 0. The molecule has 0 unspecified atom stereocenters. The van der Waals surface area contributed by atoms with E-state index in [1.54, 1.807) is 19.9 Å². The van der Waals surface area contributed by atoms with Gasteiger partial charge in [-0.15, -0.1) is 0 Å². The molecule has 9 heteroatoms. The Morgan fingerprint density at radius 1 is 1.03 bits per heavy atom. The van der Waals surface area contributed by atoms with Gasteiger partial charge < -0.3 is 10.1 Å². The van der Waals surface area contributed by atoms with E-state index in [4.69, 9.17) is 4.74 Å². The highest BCUT2D eigenvalue weighted by atomic mass is 19.4. The summed E-state index contributed by atoms with van der Waals surface area (Å²) in [4.78, 5) is 15.4. The number of rotatable bonds is 4. The normalized spacial score (nSPS) is 11.3. The van der Waals surface area contributed by atoms with E-state index < -0.39 is 35.2 Å². The molecule has 1 amide bonds. The number of hydrogen-bond acceptors (Lipinski definition) is 3. The molecule has 1 heterocycles. The summed E-state index contributed by atoms with van der Waals surface area (Å²) in [6, 6.07) is 8.75. The zero-order chi connectivity index (χ0) is 22.1. The Morgan fingerprint density at radius 3 is 2.30 bits per heavy atom. The fourth-order valence-electron chi connectivity index (χ4n) is 2.84. The number of halogens is 5. The molecule has 0 spiro atoms. The van der Waals surface area contributed by atoms with Gasteiger partial charge in [0.1, 0.15) is 17.4 Å². The highest BCUT2D eigenvalue weighted by Crippen LogP contribution is 2.37. The smallest absolute Gasteiger partial charge is 0.437 e. The third-order valence-electron chi connectivity index (χ3n) is 4.09. The van der Waals surface area contributed by atoms with Crippen LogP contribution in [0.5, 0.6) is 11.5 Å². The molecule has 0 radical (unpaired) electrons. The van der Waals surface area contributed by atoms with Gasteiger partial charge in [0.25, 0.3) is 5.91 Å². The third kappa shape index (κ3) is 4.73. The summed E-state index contributed by atoms with van der Waals surface area (Å²) in [7, 11) is 0. The lowest BCUT2D eigenvalue weighted by molar-refractivity contribution is -0.142. The van der Waals surface area contributed by atoms with E-state index in [0.29, 0.717) is 23.4 Å². The lowest BCUT2D eigenvalue weighted by atomic mass is 10.0. The molecule has 0 fully saturated rings. The maximum atomic E-state index is 14.1. The number of aryl methyl sites for hydroxylation is 2. The topological polar surface area (TPSA) is 51.2 Å². The largest absolute Gasteiger partial charge is 0.455 e. The maximum Gasteiger partial charge on any atom is 0.437 e. The van der Waals surface area contributed by atoms with E-state index in [1.165, 1.54) is 30.3 Å². The van der Waals surface area contributed by atoms with E-state index in [9.17, 15) is 26.7 Å². The number of aromatic nitrogens is 1. The van der Waals surface area contributed by atoms with Crippen LogP contribution in [0.3, 0.4) is 0 Å². The highest BCUT2D eigenvalue weighted by molar-refractivity contribution is 6.05. The summed E-state index contributed by atoms with van der Waals surface area (Å²) in [6.07, 6.45) is -4.38. The third-order valence-corrected chi connectivity index (χ3v) is 4.09. The Kier molecular flexibility index (Phi) is 5.73. The summed E-state index contributed by atoms with van der Waals surface area (Å²) < 4.78 is 71.6. The average Bonchev–Trinajstić information content (AvgIpc) is 2.61. The Balaban J connectivity index is 1.78. The van der Waals surface area contributed by atoms with Gasteiger partial charge in [-0.25, -0.2) is 13.8 Å². The minimum Gasteiger partial charge on any atom is -0.455 e. The molecular weight excluding hydrogens is 407 g/mol. The van der Waals surface area contributed by atoms with Crippen molar-refractivity contribution in [2.24, 2.45) is 0 Å². The fraction of sp³-hybridized carbons (Fsp3) is 0.143. The van der Waals surface area contributed by atoms with Gasteiger partial charge >= 0.3 is 6.18 Å². The predicted octanol–water partition coefficient (Wildman–Crippen LogP) is 6.04. The van der Waals surface area contributed by atoms with Crippen molar-refractivity contribution in [1.29, 1.82) is 0 Å². The number of ether oxygens (including phenoxy) is 1. The van der Waals surface area contributed by atoms with Crippen molar-refractivity contribution in [3.63, 3.8) is 0 Å². The highest BCUT2D eigenvalue weighted by Gasteiger charge is 2.37. The van der Waals surface area contributed by atoms with E-state index in [1.807, 2.05) is 0 Å². The molecule has 0 bridgehead atoms. The summed E-state index contributed by atoms with van der Waals surface area (Å²) in [5.41, 5.74) is -0.0790. The molecule has 1 N–H and O–H groups in total. The number of amides is 1. The number of pyridine rings is 1. The quantitative estimate of drug-likeness (QED) is 0.522. The van der Waals surface area contributed by atoms with Crippen molar-refractivity contribution in [3.8, 4) is 11.5 Å². The van der Waals surface area contributed by atoms with Crippen LogP contribution >= 0.6 is 0 Å². The van der Waals surface area contributed by atoms with Crippen LogP contribution in [0.25, 0.3) is 0 Å². The van der Waals surface area contributed by atoms with Gasteiger partial charge in [-0.1, -0.05) is 6.07 Å². The molecule has 3 aromatic rings. The Morgan fingerprint density at radius 2 is 1.70 bits per heavy atom. The maximum absolute atomic E-state index is 14.1. The summed E-state index contributed by atoms with van der Waals surface area (Å²) in [5, 5.41) is 2.51. The van der Waals surface area contributed by atoms with Crippen molar-refractivity contribution in [2.75, 3.05) is 5.32 Å². The van der Waals surface area contributed by atoms with Crippen molar-refractivity contribution < 1.29 is 31.5 Å². The molecule has 0 saturated heterocycles. The number of nitrogens with one attached hydrogen (secondary N) is 1. The molecule has 156 valence electrons. The molecule has 2 aromatic carbocycles. The lowest BCUT2D eigenvalue weighted by Gasteiger charge is -2.13. The van der Waals surface area contributed by atoms with Crippen LogP contribution in [0.2, 0.25) is 0 Å². The number of carbonyl (C=O) groups is 1. The summed E-state index contributed by atoms with van der Waals surface area (Å²) in [5.74, 6) is -3.16. The average molecular weight is 422 g/mol. The van der Waals surface area contributed by atoms with Gasteiger partial charge in [-0.05, 0) is 55.3 Å². The first-order valence-electron chi connectivity index (χ1n) is 8.63. The number of nitrogens with zero attached hydrogens (tertiary/aromatic N) is 1. The SMILES string of the molecule is Cc1cc(C)c(C(=O)Nc2ccc(Oc3cc(F)cnc3C(F)(F)F)cc2)c(F)c1. The monoisotopic (exact) mass is 422 g/mol. The van der Waals surface area contributed by atoms with Crippen LogP contribution in [0.4, 0.5) is 27.6 Å². The lowest BCUT2D eigenvalue weighted by Crippen LogP contribution is -2.15. The first-order chi connectivity index (χ1) is 14.0. The van der Waals surface area contributed by atoms with E-state index in [-0.39, 0.29) is 17.0 Å². The van der Waals surface area contributed by atoms with E-state index >= 15 is 0 Å². The summed E-state index contributed by atoms with van der Waals surface area (Å²) in [6.45, 7) is 3.31. The van der Waals surface area contributed by atoms with Gasteiger partial charge in [-0.2, -0.15) is 13.2 Å². The second-order valence-electron chi connectivity index (χ2n) is 6.52. The van der Waals surface area contributed by atoms with E-state index in [0.717, 1.165) is 0 Å². The van der Waals surface area contributed by atoms with Crippen molar-refractivity contribution in [3.05, 3.63) is 82.7 Å². The first kappa shape index (κ1) is 21.2. The number of benzene rings is 2. The van der Waals surface area contributed by atoms with Gasteiger partial charge in [0.05, 0.1) is 11.8 Å². The molecule has 30 heavy (non-hydrogen) atoms. The fourth-order valence-corrected chi connectivity index (χ4v) is 2.84. The standard InChI is InChI=1S/C21H15F5N2O2/c1-11-7-12(2)18(16(23)8-11)20(29)28-14-3-5-15(6-4-14)30-17-9-13(22)10-27-19(17)21(24,25)26/h3-10H,1-2H3,(H,28,29). The predicted molar refractivity (Wildman–Crippen MR) is 99.5 cm³/mol. The second-order valence-corrected chi connectivity index (χ2v) is 6.52. The zero-order valence-corrected chi connectivity index (χ0v) is 15.8. The molecule has 0 atom stereocenters. The van der Waals surface area contributed by atoms with Crippen LogP contribution < -0.4 is 10.1 Å². The minimum absolute atomic E-state index is 0.0383. The number of alkyl halides is 3. The number of anilines is 1. The second kappa shape index (κ2) is 8.10. The minimum atomic E-state index is -4.83. The zero-order valence-electron chi connectivity index (χ0n) is 15.8. The number of hydrogen-bond donors (Lipinski definition) is 1. The van der Waals surface area contributed by atoms with E-state index in [2.05, 4.69) is 10.3 Å². The molecule has 0 aliphatic heterocycles. The Bertz CT molecular complexity index is 1070. The van der Waals surface area contributed by atoms with Crippen LogP contribution in [0, 0.1) is 25.5 Å². The van der Waals surface area contributed by atoms with Crippen LogP contribution in [0.15, 0.2) is 48.7 Å². The molecule has 3 rings (SSSR count).